The number of anilines is 1. The van der Waals surface area contributed by atoms with Crippen LogP contribution in [0.25, 0.3) is 22.3 Å². The van der Waals surface area contributed by atoms with Gasteiger partial charge in [0.2, 0.25) is 0 Å². The predicted octanol–water partition coefficient (Wildman–Crippen LogP) is 7.38. The van der Waals surface area contributed by atoms with Crippen LogP contribution >= 0.6 is 19.8 Å². The molecule has 240 valence electrons. The van der Waals surface area contributed by atoms with Gasteiger partial charge in [0, 0.05) is 11.3 Å². The Morgan fingerprint density at radius 2 is 1.40 bits per heavy atom. The third kappa shape index (κ3) is 7.30. The van der Waals surface area contributed by atoms with E-state index < -0.39 is 13.7 Å². The van der Waals surface area contributed by atoms with Crippen molar-refractivity contribution in [3.8, 4) is 28.0 Å². The highest BCUT2D eigenvalue weighted by molar-refractivity contribution is 7.80. The Morgan fingerprint density at radius 3 is 2.04 bits per heavy atom. The third-order valence-electron chi connectivity index (χ3n) is 8.57. The molecule has 47 heavy (non-hydrogen) atoms. The lowest BCUT2D eigenvalue weighted by molar-refractivity contribution is 0.162. The summed E-state index contributed by atoms with van der Waals surface area (Å²) in [5.41, 5.74) is 5.71. The molecule has 1 heterocycles. The van der Waals surface area contributed by atoms with Gasteiger partial charge in [-0.15, -0.1) is 0 Å². The molecule has 3 atom stereocenters. The van der Waals surface area contributed by atoms with E-state index in [4.69, 9.17) is 12.2 Å². The SMILES string of the molecule is O=P(O)(O)c1ccc(-c2ccc(C3C(CCCC(O)c4ccc(F)cc4)NC(=S)N3c3ccc(-c4ccccc4)cc3)c(O)c2)cc1. The second kappa shape index (κ2) is 13.8. The van der Waals surface area contributed by atoms with Crippen LogP contribution in [0, 0.1) is 5.82 Å². The highest BCUT2D eigenvalue weighted by atomic mass is 32.1. The van der Waals surface area contributed by atoms with Crippen molar-refractivity contribution in [2.45, 2.75) is 37.5 Å². The number of halogens is 1. The van der Waals surface area contributed by atoms with Crippen LogP contribution in [-0.2, 0) is 4.57 Å². The van der Waals surface area contributed by atoms with Crippen molar-refractivity contribution < 1.29 is 29.0 Å². The number of phenols is 1. The summed E-state index contributed by atoms with van der Waals surface area (Å²) < 4.78 is 25.0. The largest absolute Gasteiger partial charge is 0.508 e. The Balaban J connectivity index is 1.29. The van der Waals surface area contributed by atoms with E-state index in [-0.39, 0.29) is 29.0 Å². The number of aliphatic hydroxyl groups is 1. The van der Waals surface area contributed by atoms with Gasteiger partial charge in [0.1, 0.15) is 11.6 Å². The number of benzene rings is 5. The van der Waals surface area contributed by atoms with Gasteiger partial charge in [0.25, 0.3) is 0 Å². The molecule has 10 heteroatoms. The quantitative estimate of drug-likeness (QED) is 0.0775. The van der Waals surface area contributed by atoms with E-state index >= 15 is 0 Å². The van der Waals surface area contributed by atoms with E-state index in [1.807, 2.05) is 59.5 Å². The maximum Gasteiger partial charge on any atom is 0.356 e. The standard InChI is InChI=1S/C37H34FN2O5PS/c38-29-16-9-27(10-17-29)34(41)8-4-7-33-36(32-22-15-28(23-35(32)42)26-13-20-31(21-14-26)46(43,44)45)40(37(47)39-33)30-18-11-25(12-19-30)24-5-2-1-3-6-24/h1-3,5-6,9-23,33-34,36,41-42H,4,7-8H2,(H,39,47)(H2,43,44,45). The Bertz CT molecular complexity index is 1900. The summed E-state index contributed by atoms with van der Waals surface area (Å²) in [7, 11) is -4.37. The molecule has 0 bridgehead atoms. The molecule has 0 spiro atoms. The van der Waals surface area contributed by atoms with Crippen molar-refractivity contribution in [3.63, 3.8) is 0 Å². The number of rotatable bonds is 10. The van der Waals surface area contributed by atoms with Crippen LogP contribution in [0.1, 0.15) is 42.5 Å². The van der Waals surface area contributed by atoms with Crippen molar-refractivity contribution in [1.82, 2.24) is 5.32 Å². The first-order chi connectivity index (χ1) is 22.6. The van der Waals surface area contributed by atoms with Crippen LogP contribution in [0.15, 0.2) is 121 Å². The van der Waals surface area contributed by atoms with Crippen molar-refractivity contribution in [2.24, 2.45) is 0 Å². The van der Waals surface area contributed by atoms with E-state index in [1.165, 1.54) is 24.3 Å². The van der Waals surface area contributed by atoms with Crippen LogP contribution in [0.4, 0.5) is 10.1 Å². The van der Waals surface area contributed by atoms with Gasteiger partial charge in [-0.1, -0.05) is 78.9 Å². The first-order valence-electron chi connectivity index (χ1n) is 15.3. The summed E-state index contributed by atoms with van der Waals surface area (Å²) in [6.07, 6.45) is 0.992. The van der Waals surface area contributed by atoms with Gasteiger partial charge in [-0.3, -0.25) is 4.57 Å². The van der Waals surface area contributed by atoms with Crippen LogP contribution in [0.3, 0.4) is 0 Å². The summed E-state index contributed by atoms with van der Waals surface area (Å²) in [6.45, 7) is 0. The number of aromatic hydroxyl groups is 1. The molecule has 0 saturated carbocycles. The van der Waals surface area contributed by atoms with Crippen LogP contribution in [0.5, 0.6) is 5.75 Å². The fourth-order valence-corrected chi connectivity index (χ4v) is 7.03. The molecule has 0 radical (unpaired) electrons. The predicted molar refractivity (Wildman–Crippen MR) is 187 cm³/mol. The molecule has 0 aliphatic carbocycles. The highest BCUT2D eigenvalue weighted by Crippen LogP contribution is 2.42. The van der Waals surface area contributed by atoms with Gasteiger partial charge in [0.05, 0.1) is 23.5 Å². The molecule has 3 unspecified atom stereocenters. The summed E-state index contributed by atoms with van der Waals surface area (Å²) in [4.78, 5) is 21.0. The first kappa shape index (κ1) is 32.6. The first-order valence-corrected chi connectivity index (χ1v) is 17.3. The average molecular weight is 669 g/mol. The normalized spacial score (nSPS) is 17.0. The Morgan fingerprint density at radius 1 is 0.809 bits per heavy atom. The van der Waals surface area contributed by atoms with E-state index in [9.17, 15) is 29.0 Å². The smallest absolute Gasteiger partial charge is 0.356 e. The van der Waals surface area contributed by atoms with Gasteiger partial charge in [-0.2, -0.15) is 0 Å². The van der Waals surface area contributed by atoms with E-state index in [0.717, 1.165) is 16.8 Å². The maximum absolute atomic E-state index is 13.4. The third-order valence-corrected chi connectivity index (χ3v) is 9.86. The van der Waals surface area contributed by atoms with Gasteiger partial charge in [-0.25, -0.2) is 4.39 Å². The van der Waals surface area contributed by atoms with Gasteiger partial charge in [0.15, 0.2) is 5.11 Å². The number of aliphatic hydroxyl groups excluding tert-OH is 1. The number of nitrogens with zero attached hydrogens (tertiary/aromatic N) is 1. The average Bonchev–Trinajstić information content (AvgIpc) is 3.40. The molecule has 0 amide bonds. The molecule has 5 N–H and O–H groups in total. The fourth-order valence-electron chi connectivity index (χ4n) is 6.13. The minimum Gasteiger partial charge on any atom is -0.508 e. The molecule has 1 fully saturated rings. The number of nitrogens with one attached hydrogen (secondary N) is 1. The molecular weight excluding hydrogens is 634 g/mol. The lowest BCUT2D eigenvalue weighted by Crippen LogP contribution is -2.29. The molecule has 1 aliphatic rings. The van der Waals surface area contributed by atoms with Crippen LogP contribution in [-0.4, -0.2) is 31.2 Å². The Hall–Kier alpha value is -4.37. The van der Waals surface area contributed by atoms with Gasteiger partial charge in [-0.05, 0) is 102 Å². The second-order valence-corrected chi connectivity index (χ2v) is 13.6. The molecular formula is C37H34FN2O5PS. The number of hydrogen-bond acceptors (Lipinski definition) is 4. The van der Waals surface area contributed by atoms with Crippen molar-refractivity contribution in [1.29, 1.82) is 0 Å². The van der Waals surface area contributed by atoms with E-state index in [0.29, 0.717) is 46.6 Å². The second-order valence-electron chi connectivity index (χ2n) is 11.6. The summed E-state index contributed by atoms with van der Waals surface area (Å²) in [6, 6.07) is 34.8. The molecule has 1 saturated heterocycles. The molecule has 6 rings (SSSR count). The lowest BCUT2D eigenvalue weighted by Gasteiger charge is -2.29. The molecule has 5 aromatic carbocycles. The van der Waals surface area contributed by atoms with Crippen molar-refractivity contribution >= 4 is 35.9 Å². The lowest BCUT2D eigenvalue weighted by atomic mass is 9.91. The highest BCUT2D eigenvalue weighted by Gasteiger charge is 2.40. The van der Waals surface area contributed by atoms with Gasteiger partial charge >= 0.3 is 7.60 Å². The summed E-state index contributed by atoms with van der Waals surface area (Å²) in [5, 5.41) is 26.1. The maximum atomic E-state index is 13.4. The van der Waals surface area contributed by atoms with E-state index in [1.54, 1.807) is 30.3 Å². The summed E-state index contributed by atoms with van der Waals surface area (Å²) in [5.74, 6) is -0.298. The van der Waals surface area contributed by atoms with Crippen LogP contribution in [0.2, 0.25) is 0 Å². The zero-order valence-corrected chi connectivity index (χ0v) is 27.0. The molecule has 5 aromatic rings. The molecule has 7 nitrogen and oxygen atoms in total. The number of thiocarbonyl (C=S) groups is 1. The molecule has 1 aliphatic heterocycles. The zero-order chi connectivity index (χ0) is 33.1. The fraction of sp³-hybridized carbons (Fsp3) is 0.162. The van der Waals surface area contributed by atoms with Crippen molar-refractivity contribution in [3.05, 3.63) is 138 Å². The minimum absolute atomic E-state index is 0.0558. The molecule has 0 aromatic heterocycles. The Labute approximate surface area is 278 Å². The number of hydrogen-bond donors (Lipinski definition) is 5. The number of phenolic OH excluding ortho intramolecular Hbond substituents is 1. The Kier molecular flexibility index (Phi) is 9.55. The zero-order valence-electron chi connectivity index (χ0n) is 25.3. The van der Waals surface area contributed by atoms with Gasteiger partial charge < -0.3 is 30.2 Å². The van der Waals surface area contributed by atoms with E-state index in [2.05, 4.69) is 17.4 Å². The summed E-state index contributed by atoms with van der Waals surface area (Å²) >= 11 is 5.87. The van der Waals surface area contributed by atoms with Crippen molar-refractivity contribution in [2.75, 3.05) is 4.90 Å². The van der Waals surface area contributed by atoms with Crippen LogP contribution < -0.4 is 15.5 Å². The topological polar surface area (TPSA) is 113 Å². The minimum atomic E-state index is -4.37. The monoisotopic (exact) mass is 668 g/mol.